The molecule has 3 nitrogen and oxygen atoms in total. The van der Waals surface area contributed by atoms with Gasteiger partial charge in [-0.05, 0) is 41.2 Å². The number of hydrogen-bond donors (Lipinski definition) is 1. The second-order valence-electron chi connectivity index (χ2n) is 3.83. The number of hydrogen-bond acceptors (Lipinski definition) is 3. The number of aromatic nitrogens is 1. The van der Waals surface area contributed by atoms with Gasteiger partial charge in [-0.3, -0.25) is 0 Å². The van der Waals surface area contributed by atoms with Gasteiger partial charge in [0.1, 0.15) is 5.75 Å². The fourth-order valence-corrected chi connectivity index (χ4v) is 2.20. The zero-order chi connectivity index (χ0) is 13.8. The molecule has 0 aliphatic rings. The van der Waals surface area contributed by atoms with E-state index in [4.69, 9.17) is 27.9 Å². The first kappa shape index (κ1) is 14.6. The van der Waals surface area contributed by atoms with Crippen molar-refractivity contribution < 1.29 is 4.74 Å². The van der Waals surface area contributed by atoms with E-state index in [1.165, 1.54) is 0 Å². The summed E-state index contributed by atoms with van der Waals surface area (Å²) in [5.74, 6) is 1.14. The van der Waals surface area contributed by atoms with E-state index in [1.54, 1.807) is 24.4 Å². The molecule has 6 heteroatoms. The quantitative estimate of drug-likeness (QED) is 0.859. The normalized spacial score (nSPS) is 10.5. The molecule has 2 rings (SSSR count). The van der Waals surface area contributed by atoms with E-state index in [0.717, 1.165) is 10.0 Å². The van der Waals surface area contributed by atoms with E-state index < -0.39 is 0 Å². The summed E-state index contributed by atoms with van der Waals surface area (Å²) in [6.45, 7) is 0.656. The van der Waals surface area contributed by atoms with Gasteiger partial charge in [-0.25, -0.2) is 4.98 Å². The molecule has 0 saturated heterocycles. The molecule has 0 aliphatic carbocycles. The first-order valence-electron chi connectivity index (χ1n) is 5.52. The van der Waals surface area contributed by atoms with Gasteiger partial charge in [0.05, 0.1) is 10.0 Å². The maximum Gasteiger partial charge on any atom is 0.223 e. The maximum atomic E-state index is 5.95. The second kappa shape index (κ2) is 6.57. The Hall–Kier alpha value is -0.810. The summed E-state index contributed by atoms with van der Waals surface area (Å²) < 4.78 is 6.64. The fourth-order valence-electron chi connectivity index (χ4n) is 1.53. The predicted octanol–water partition coefficient (Wildman–Crippen LogP) is 4.66. The zero-order valence-corrected chi connectivity index (χ0v) is 13.2. The molecule has 0 aliphatic heterocycles. The Labute approximate surface area is 130 Å². The number of nitrogens with zero attached hydrogens (tertiary/aromatic N) is 1. The lowest BCUT2D eigenvalue weighted by Crippen LogP contribution is -2.07. The monoisotopic (exact) mass is 360 g/mol. The van der Waals surface area contributed by atoms with Crippen molar-refractivity contribution in [1.29, 1.82) is 0 Å². The van der Waals surface area contributed by atoms with Gasteiger partial charge in [-0.15, -0.1) is 0 Å². The average molecular weight is 362 g/mol. The van der Waals surface area contributed by atoms with Crippen molar-refractivity contribution in [2.24, 2.45) is 0 Å². The molecule has 1 aromatic carbocycles. The molecule has 0 amide bonds. The van der Waals surface area contributed by atoms with E-state index in [-0.39, 0.29) is 0 Å². The van der Waals surface area contributed by atoms with Crippen LogP contribution >= 0.6 is 39.1 Å². The highest BCUT2D eigenvalue weighted by Crippen LogP contribution is 2.30. The van der Waals surface area contributed by atoms with E-state index in [1.807, 2.05) is 13.1 Å². The second-order valence-corrected chi connectivity index (χ2v) is 5.56. The minimum Gasteiger partial charge on any atom is -0.439 e. The van der Waals surface area contributed by atoms with Gasteiger partial charge in [0.15, 0.2) is 0 Å². The Bertz CT molecular complexity index is 593. The van der Waals surface area contributed by atoms with Crippen molar-refractivity contribution in [1.82, 2.24) is 10.3 Å². The van der Waals surface area contributed by atoms with Crippen LogP contribution in [0.2, 0.25) is 10.0 Å². The van der Waals surface area contributed by atoms with Crippen molar-refractivity contribution in [3.8, 4) is 11.6 Å². The summed E-state index contributed by atoms with van der Waals surface area (Å²) >= 11 is 15.2. The SMILES string of the molecule is CNCc1cc(Br)cnc1Oc1ccc(Cl)c(Cl)c1. The molecule has 0 fully saturated rings. The Balaban J connectivity index is 2.29. The number of halogens is 3. The Morgan fingerprint density at radius 3 is 2.74 bits per heavy atom. The van der Waals surface area contributed by atoms with Crippen molar-refractivity contribution in [2.75, 3.05) is 7.05 Å². The van der Waals surface area contributed by atoms with E-state index in [0.29, 0.717) is 28.2 Å². The van der Waals surface area contributed by atoms with Crippen LogP contribution in [-0.2, 0) is 6.54 Å². The fraction of sp³-hybridized carbons (Fsp3) is 0.154. The molecule has 0 spiro atoms. The minimum absolute atomic E-state index is 0.450. The van der Waals surface area contributed by atoms with E-state index in [9.17, 15) is 0 Å². The van der Waals surface area contributed by atoms with Gasteiger partial charge >= 0.3 is 0 Å². The van der Waals surface area contributed by atoms with Crippen molar-refractivity contribution >= 4 is 39.1 Å². The standard InChI is InChI=1S/C13H11BrCl2N2O/c1-17-6-8-4-9(14)7-18-13(8)19-10-2-3-11(15)12(16)5-10/h2-5,7,17H,6H2,1H3. The highest BCUT2D eigenvalue weighted by molar-refractivity contribution is 9.10. The number of benzene rings is 1. The summed E-state index contributed by atoms with van der Waals surface area (Å²) in [5.41, 5.74) is 0.947. The first-order valence-corrected chi connectivity index (χ1v) is 7.07. The molecule has 1 heterocycles. The predicted molar refractivity (Wildman–Crippen MR) is 81.2 cm³/mol. The molecule has 0 atom stereocenters. The summed E-state index contributed by atoms with van der Waals surface area (Å²) in [4.78, 5) is 4.26. The molecule has 19 heavy (non-hydrogen) atoms. The summed E-state index contributed by atoms with van der Waals surface area (Å²) in [6.07, 6.45) is 1.69. The van der Waals surface area contributed by atoms with Crippen molar-refractivity contribution in [2.45, 2.75) is 6.54 Å². The van der Waals surface area contributed by atoms with Gasteiger partial charge in [0, 0.05) is 28.8 Å². The molecule has 0 saturated carbocycles. The highest BCUT2D eigenvalue weighted by atomic mass is 79.9. The minimum atomic E-state index is 0.450. The number of ether oxygens (including phenoxy) is 1. The summed E-state index contributed by atoms with van der Waals surface area (Å²) in [6, 6.07) is 7.06. The molecule has 1 aromatic heterocycles. The van der Waals surface area contributed by atoms with Crippen LogP contribution in [0.4, 0.5) is 0 Å². The molecule has 0 bridgehead atoms. The van der Waals surface area contributed by atoms with Gasteiger partial charge < -0.3 is 10.1 Å². The van der Waals surface area contributed by atoms with Crippen LogP contribution in [0.25, 0.3) is 0 Å². The van der Waals surface area contributed by atoms with Crippen LogP contribution in [0.3, 0.4) is 0 Å². The van der Waals surface area contributed by atoms with Gasteiger partial charge in [-0.2, -0.15) is 0 Å². The van der Waals surface area contributed by atoms with E-state index >= 15 is 0 Å². The Morgan fingerprint density at radius 1 is 1.26 bits per heavy atom. The summed E-state index contributed by atoms with van der Waals surface area (Å²) in [5, 5.41) is 4.01. The first-order chi connectivity index (χ1) is 9.10. The summed E-state index contributed by atoms with van der Waals surface area (Å²) in [7, 11) is 1.86. The van der Waals surface area contributed by atoms with E-state index in [2.05, 4.69) is 26.2 Å². The van der Waals surface area contributed by atoms with Gasteiger partial charge in [0.25, 0.3) is 0 Å². The van der Waals surface area contributed by atoms with Gasteiger partial charge in [0.2, 0.25) is 5.88 Å². The average Bonchev–Trinajstić information content (AvgIpc) is 2.37. The number of pyridine rings is 1. The lowest BCUT2D eigenvalue weighted by atomic mass is 10.2. The smallest absolute Gasteiger partial charge is 0.223 e. The van der Waals surface area contributed by atoms with Crippen LogP contribution in [0.1, 0.15) is 5.56 Å². The van der Waals surface area contributed by atoms with Crippen LogP contribution in [0, 0.1) is 0 Å². The maximum absolute atomic E-state index is 5.95. The molecule has 0 radical (unpaired) electrons. The van der Waals surface area contributed by atoms with Crippen LogP contribution in [-0.4, -0.2) is 12.0 Å². The third-order valence-corrected chi connectivity index (χ3v) is 3.54. The molecular formula is C13H11BrCl2N2O. The Kier molecular flexibility index (Phi) is 5.05. The lowest BCUT2D eigenvalue weighted by Gasteiger charge is -2.10. The number of nitrogens with one attached hydrogen (secondary N) is 1. The van der Waals surface area contributed by atoms with Gasteiger partial charge in [-0.1, -0.05) is 23.2 Å². The molecule has 2 aromatic rings. The lowest BCUT2D eigenvalue weighted by molar-refractivity contribution is 0.454. The topological polar surface area (TPSA) is 34.2 Å². The number of rotatable bonds is 4. The molecule has 1 N–H and O–H groups in total. The largest absolute Gasteiger partial charge is 0.439 e. The van der Waals surface area contributed by atoms with Crippen LogP contribution < -0.4 is 10.1 Å². The third-order valence-electron chi connectivity index (χ3n) is 2.36. The molecular weight excluding hydrogens is 351 g/mol. The Morgan fingerprint density at radius 2 is 2.05 bits per heavy atom. The third kappa shape index (κ3) is 3.83. The van der Waals surface area contributed by atoms with Crippen LogP contribution in [0.5, 0.6) is 11.6 Å². The molecule has 0 unspecified atom stereocenters. The van der Waals surface area contributed by atoms with Crippen molar-refractivity contribution in [3.05, 3.63) is 50.5 Å². The highest BCUT2D eigenvalue weighted by Gasteiger charge is 2.08. The zero-order valence-electron chi connectivity index (χ0n) is 10.1. The van der Waals surface area contributed by atoms with Crippen LogP contribution in [0.15, 0.2) is 34.9 Å². The molecule has 100 valence electrons. The van der Waals surface area contributed by atoms with Crippen molar-refractivity contribution in [3.63, 3.8) is 0 Å².